The molecule has 0 aliphatic heterocycles. The van der Waals surface area contributed by atoms with E-state index >= 15 is 0 Å². The second kappa shape index (κ2) is 7.67. The molecule has 123 valence electrons. The summed E-state index contributed by atoms with van der Waals surface area (Å²) in [5.41, 5.74) is 7.56. The average Bonchev–Trinajstić information content (AvgIpc) is 3.35. The zero-order valence-electron chi connectivity index (χ0n) is 14.5. The molecular formula is C26H19. The van der Waals surface area contributed by atoms with Gasteiger partial charge in [0.05, 0.1) is 0 Å². The molecule has 0 fully saturated rings. The third-order valence-electron chi connectivity index (χ3n) is 4.45. The molecule has 0 bridgehead atoms. The van der Waals surface area contributed by atoms with Crippen molar-refractivity contribution in [1.29, 1.82) is 0 Å². The maximum absolute atomic E-state index is 3.10. The van der Waals surface area contributed by atoms with Gasteiger partial charge in [0, 0.05) is 0 Å². The van der Waals surface area contributed by atoms with Gasteiger partial charge in [0.1, 0.15) is 0 Å². The first kappa shape index (κ1) is 16.1. The Kier molecular flexibility index (Phi) is 4.75. The van der Waals surface area contributed by atoms with E-state index in [9.17, 15) is 0 Å². The van der Waals surface area contributed by atoms with Gasteiger partial charge < -0.3 is 0 Å². The predicted octanol–water partition coefficient (Wildman–Crippen LogP) is 6.80. The monoisotopic (exact) mass is 331 g/mol. The Morgan fingerprint density at radius 2 is 1.00 bits per heavy atom. The van der Waals surface area contributed by atoms with Crippen LogP contribution in [0.2, 0.25) is 0 Å². The van der Waals surface area contributed by atoms with Gasteiger partial charge in [0.15, 0.2) is 0 Å². The minimum absolute atomic E-state index is 1.23. The lowest BCUT2D eigenvalue weighted by Gasteiger charge is -2.04. The molecular weight excluding hydrogens is 312 g/mol. The molecule has 0 saturated carbocycles. The van der Waals surface area contributed by atoms with Crippen LogP contribution in [0, 0.1) is 6.08 Å². The number of benzene rings is 3. The minimum Gasteiger partial charge on any atom is -0.0622 e. The van der Waals surface area contributed by atoms with Crippen molar-refractivity contribution < 1.29 is 0 Å². The molecule has 0 unspecified atom stereocenters. The Morgan fingerprint density at radius 1 is 0.500 bits per heavy atom. The number of allylic oxidation sites excluding steroid dienone is 8. The molecule has 5 rings (SSSR count). The van der Waals surface area contributed by atoms with Crippen molar-refractivity contribution in [3.05, 3.63) is 133 Å². The second-order valence-corrected chi connectivity index (χ2v) is 6.18. The van der Waals surface area contributed by atoms with Crippen LogP contribution in [0.15, 0.2) is 126 Å². The van der Waals surface area contributed by atoms with Crippen LogP contribution in [-0.2, 0) is 0 Å². The summed E-state index contributed by atoms with van der Waals surface area (Å²) >= 11 is 0. The Morgan fingerprint density at radius 3 is 1.50 bits per heavy atom. The van der Waals surface area contributed by atoms with Gasteiger partial charge >= 0.3 is 0 Å². The van der Waals surface area contributed by atoms with Gasteiger partial charge in [-0.3, -0.25) is 0 Å². The van der Waals surface area contributed by atoms with Crippen molar-refractivity contribution in [2.45, 2.75) is 0 Å². The normalized spacial score (nSPS) is 13.5. The highest BCUT2D eigenvalue weighted by molar-refractivity contribution is 5.70. The van der Waals surface area contributed by atoms with Crippen LogP contribution in [0.3, 0.4) is 0 Å². The van der Waals surface area contributed by atoms with Gasteiger partial charge in [-0.2, -0.15) is 0 Å². The molecule has 0 nitrogen and oxygen atoms in total. The van der Waals surface area contributed by atoms with Gasteiger partial charge in [-0.05, 0) is 39.5 Å². The first-order chi connectivity index (χ1) is 12.9. The SMILES string of the molecule is [C]1=CC=C2C=CC=C12.c1ccc(-c2ccc(-c3ccccc3)cc2)cc1. The molecule has 0 spiro atoms. The highest BCUT2D eigenvalue weighted by atomic mass is 14.1. The van der Waals surface area contributed by atoms with E-state index in [0.717, 1.165) is 0 Å². The molecule has 0 saturated heterocycles. The summed E-state index contributed by atoms with van der Waals surface area (Å²) in [6.07, 6.45) is 13.3. The summed E-state index contributed by atoms with van der Waals surface area (Å²) in [5.74, 6) is 0. The van der Waals surface area contributed by atoms with Crippen molar-refractivity contribution in [3.8, 4) is 22.3 Å². The maximum atomic E-state index is 3.10. The third-order valence-corrected chi connectivity index (χ3v) is 4.45. The van der Waals surface area contributed by atoms with Crippen LogP contribution < -0.4 is 0 Å². The van der Waals surface area contributed by atoms with Crippen LogP contribution in [-0.4, -0.2) is 0 Å². The largest absolute Gasteiger partial charge is 0.0622 e. The van der Waals surface area contributed by atoms with Crippen LogP contribution in [0.5, 0.6) is 0 Å². The van der Waals surface area contributed by atoms with Gasteiger partial charge in [-0.1, -0.05) is 115 Å². The summed E-state index contributed by atoms with van der Waals surface area (Å²) in [6.45, 7) is 0. The summed E-state index contributed by atoms with van der Waals surface area (Å²) in [7, 11) is 0. The van der Waals surface area contributed by atoms with Gasteiger partial charge in [0.2, 0.25) is 0 Å². The van der Waals surface area contributed by atoms with E-state index in [1.54, 1.807) is 0 Å². The van der Waals surface area contributed by atoms with E-state index in [4.69, 9.17) is 0 Å². The van der Waals surface area contributed by atoms with Crippen molar-refractivity contribution in [2.75, 3.05) is 0 Å². The zero-order chi connectivity index (χ0) is 17.6. The molecule has 0 atom stereocenters. The summed E-state index contributed by atoms with van der Waals surface area (Å²) in [6, 6.07) is 29.6. The fourth-order valence-electron chi connectivity index (χ4n) is 3.05. The topological polar surface area (TPSA) is 0 Å². The molecule has 26 heavy (non-hydrogen) atoms. The van der Waals surface area contributed by atoms with E-state index in [2.05, 4.69) is 97.1 Å². The third kappa shape index (κ3) is 3.65. The molecule has 0 N–H and O–H groups in total. The lowest BCUT2D eigenvalue weighted by molar-refractivity contribution is 1.59. The fraction of sp³-hybridized carbons (Fsp3) is 0. The Bertz CT molecular complexity index is 898. The van der Waals surface area contributed by atoms with Crippen molar-refractivity contribution in [2.24, 2.45) is 0 Å². The zero-order valence-corrected chi connectivity index (χ0v) is 14.5. The summed E-state index contributed by atoms with van der Waals surface area (Å²) in [5, 5.41) is 0. The molecule has 0 heterocycles. The van der Waals surface area contributed by atoms with Crippen LogP contribution in [0.25, 0.3) is 22.3 Å². The molecule has 0 amide bonds. The first-order valence-corrected chi connectivity index (χ1v) is 8.80. The predicted molar refractivity (Wildman–Crippen MR) is 110 cm³/mol. The Hall–Kier alpha value is -3.38. The molecule has 3 aromatic carbocycles. The standard InChI is InChI=1S/C18H14.C8H5/c1-3-7-15(8-4-1)17-11-13-18(14-12-17)16-9-5-2-6-10-16;1-3-7-5-2-6-8(7)4-1/h1-14H;1-5H. The fourth-order valence-corrected chi connectivity index (χ4v) is 3.05. The molecule has 1 radical (unpaired) electrons. The number of rotatable bonds is 2. The molecule has 2 aliphatic carbocycles. The number of fused-ring (bicyclic) bond motifs is 1. The summed E-state index contributed by atoms with van der Waals surface area (Å²) in [4.78, 5) is 0. The second-order valence-electron chi connectivity index (χ2n) is 6.18. The highest BCUT2D eigenvalue weighted by Crippen LogP contribution is 2.24. The van der Waals surface area contributed by atoms with E-state index in [0.29, 0.717) is 0 Å². The number of hydrogen-bond acceptors (Lipinski definition) is 0. The van der Waals surface area contributed by atoms with Crippen molar-refractivity contribution >= 4 is 0 Å². The van der Waals surface area contributed by atoms with E-state index in [1.165, 1.54) is 33.4 Å². The van der Waals surface area contributed by atoms with Crippen molar-refractivity contribution in [1.82, 2.24) is 0 Å². The number of hydrogen-bond donors (Lipinski definition) is 0. The van der Waals surface area contributed by atoms with E-state index < -0.39 is 0 Å². The summed E-state index contributed by atoms with van der Waals surface area (Å²) < 4.78 is 0. The van der Waals surface area contributed by atoms with E-state index in [1.807, 2.05) is 24.3 Å². The molecule has 3 aromatic rings. The highest BCUT2D eigenvalue weighted by Gasteiger charge is 2.05. The minimum atomic E-state index is 1.23. The lowest BCUT2D eigenvalue weighted by atomic mass is 10.0. The van der Waals surface area contributed by atoms with Crippen LogP contribution in [0.1, 0.15) is 0 Å². The maximum Gasteiger partial charge on any atom is -0.00990 e. The Balaban J connectivity index is 0.000000174. The van der Waals surface area contributed by atoms with Gasteiger partial charge in [-0.15, -0.1) is 0 Å². The van der Waals surface area contributed by atoms with Crippen molar-refractivity contribution in [3.63, 3.8) is 0 Å². The molecule has 2 aliphatic rings. The van der Waals surface area contributed by atoms with Gasteiger partial charge in [-0.25, -0.2) is 0 Å². The first-order valence-electron chi connectivity index (χ1n) is 8.80. The van der Waals surface area contributed by atoms with E-state index in [-0.39, 0.29) is 0 Å². The molecule has 0 aromatic heterocycles. The van der Waals surface area contributed by atoms with Gasteiger partial charge in [0.25, 0.3) is 0 Å². The molecule has 0 heteroatoms. The average molecular weight is 331 g/mol. The quantitative estimate of drug-likeness (QED) is 0.484. The van der Waals surface area contributed by atoms with Crippen LogP contribution in [0.4, 0.5) is 0 Å². The smallest absolute Gasteiger partial charge is 0.00990 e. The lowest BCUT2D eigenvalue weighted by Crippen LogP contribution is -1.79. The Labute approximate surface area is 155 Å². The van der Waals surface area contributed by atoms with Crippen LogP contribution >= 0.6 is 0 Å².